The highest BCUT2D eigenvalue weighted by Crippen LogP contribution is 2.16. The van der Waals surface area contributed by atoms with Crippen molar-refractivity contribution in [2.24, 2.45) is 5.73 Å². The van der Waals surface area contributed by atoms with E-state index in [0.29, 0.717) is 29.2 Å². The molecule has 1 aromatic heterocycles. The summed E-state index contributed by atoms with van der Waals surface area (Å²) in [6, 6.07) is 0. The fourth-order valence-electron chi connectivity index (χ4n) is 1.74. The Labute approximate surface area is 136 Å². The van der Waals surface area contributed by atoms with Gasteiger partial charge in [-0.05, 0) is 37.1 Å². The first kappa shape index (κ1) is 18.3. The molecule has 0 aliphatic rings. The molecule has 6 heteroatoms. The molecular weight excluding hydrogens is 292 g/mol. The molecule has 1 heterocycles. The minimum Gasteiger partial charge on any atom is -0.478 e. The van der Waals surface area contributed by atoms with Gasteiger partial charge in [0.15, 0.2) is 0 Å². The number of unbranched alkanes of at least 4 members (excludes halogenated alkanes) is 1. The predicted octanol–water partition coefficient (Wildman–Crippen LogP) is 2.39. The van der Waals surface area contributed by atoms with Gasteiger partial charge in [-0.2, -0.15) is 0 Å². The van der Waals surface area contributed by atoms with Gasteiger partial charge < -0.3 is 16.2 Å². The molecule has 0 saturated carbocycles. The van der Waals surface area contributed by atoms with Crippen LogP contribution in [0, 0.1) is 0 Å². The van der Waals surface area contributed by atoms with Crippen LogP contribution in [0.2, 0.25) is 0 Å². The second kappa shape index (κ2) is 10.1. The molecule has 0 spiro atoms. The van der Waals surface area contributed by atoms with Crippen LogP contribution in [0.25, 0.3) is 5.57 Å². The lowest BCUT2D eigenvalue weighted by Crippen LogP contribution is -2.07. The Hall–Kier alpha value is -2.73. The molecule has 1 rings (SSSR count). The van der Waals surface area contributed by atoms with Crippen LogP contribution in [0.15, 0.2) is 55.4 Å². The molecule has 0 bridgehead atoms. The van der Waals surface area contributed by atoms with Crippen molar-refractivity contribution in [2.45, 2.75) is 12.8 Å². The van der Waals surface area contributed by atoms with Crippen molar-refractivity contribution in [1.82, 2.24) is 9.97 Å². The van der Waals surface area contributed by atoms with Gasteiger partial charge in [0.1, 0.15) is 5.82 Å². The first-order valence-electron chi connectivity index (χ1n) is 7.27. The summed E-state index contributed by atoms with van der Waals surface area (Å²) in [6.07, 6.45) is 10.9. The number of rotatable bonds is 10. The number of aliphatic carboxylic acids is 1. The number of nitrogens with one attached hydrogen (secondary N) is 1. The van der Waals surface area contributed by atoms with Gasteiger partial charge in [0, 0.05) is 18.2 Å². The lowest BCUT2D eigenvalue weighted by atomic mass is 10.1. The van der Waals surface area contributed by atoms with Crippen molar-refractivity contribution < 1.29 is 9.90 Å². The topological polar surface area (TPSA) is 101 Å². The summed E-state index contributed by atoms with van der Waals surface area (Å²) in [5, 5.41) is 11.8. The fourth-order valence-corrected chi connectivity index (χ4v) is 1.74. The van der Waals surface area contributed by atoms with E-state index in [1.54, 1.807) is 24.5 Å². The number of nitrogens with zero attached hydrogens (tertiary/aromatic N) is 2. The van der Waals surface area contributed by atoms with Crippen molar-refractivity contribution in [1.29, 1.82) is 0 Å². The van der Waals surface area contributed by atoms with E-state index >= 15 is 0 Å². The van der Waals surface area contributed by atoms with E-state index in [1.165, 1.54) is 6.08 Å². The van der Waals surface area contributed by atoms with Crippen molar-refractivity contribution in [2.75, 3.05) is 18.4 Å². The number of hydrogen-bond acceptors (Lipinski definition) is 5. The maximum Gasteiger partial charge on any atom is 0.328 e. The Bertz CT molecular complexity index is 621. The van der Waals surface area contributed by atoms with E-state index in [1.807, 2.05) is 0 Å². The number of allylic oxidation sites excluding steroid dienone is 5. The molecule has 0 radical (unpaired) electrons. The normalized spacial score (nSPS) is 11.4. The van der Waals surface area contributed by atoms with E-state index < -0.39 is 5.97 Å². The van der Waals surface area contributed by atoms with Gasteiger partial charge in [0.25, 0.3) is 0 Å². The Morgan fingerprint density at radius 3 is 2.78 bits per heavy atom. The predicted molar refractivity (Wildman–Crippen MR) is 92.9 cm³/mol. The largest absolute Gasteiger partial charge is 0.478 e. The van der Waals surface area contributed by atoms with Crippen molar-refractivity contribution >= 4 is 17.4 Å². The highest BCUT2D eigenvalue weighted by atomic mass is 16.4. The van der Waals surface area contributed by atoms with Crippen LogP contribution in [0.1, 0.15) is 18.5 Å². The monoisotopic (exact) mass is 314 g/mol. The minimum atomic E-state index is -1.02. The van der Waals surface area contributed by atoms with Crippen molar-refractivity contribution in [3.8, 4) is 0 Å². The number of carboxylic acid groups (broad SMARTS) is 1. The van der Waals surface area contributed by atoms with Crippen LogP contribution >= 0.6 is 0 Å². The van der Waals surface area contributed by atoms with E-state index in [9.17, 15) is 4.79 Å². The second-order valence-corrected chi connectivity index (χ2v) is 4.76. The third-order valence-corrected chi connectivity index (χ3v) is 2.87. The van der Waals surface area contributed by atoms with Crippen LogP contribution < -0.4 is 11.1 Å². The summed E-state index contributed by atoms with van der Waals surface area (Å²) in [4.78, 5) is 19.1. The Morgan fingerprint density at radius 1 is 1.35 bits per heavy atom. The molecule has 0 aromatic carbocycles. The van der Waals surface area contributed by atoms with Gasteiger partial charge in [-0.3, -0.25) is 4.98 Å². The SMILES string of the molecule is C=C/C(=C\C(=C)/C=C/C(=O)O)c1cncc(NCCCCN)n1. The van der Waals surface area contributed by atoms with Gasteiger partial charge in [0.05, 0.1) is 18.1 Å². The summed E-state index contributed by atoms with van der Waals surface area (Å²) in [6.45, 7) is 8.98. The summed E-state index contributed by atoms with van der Waals surface area (Å²) in [5.41, 5.74) is 7.33. The Morgan fingerprint density at radius 2 is 2.13 bits per heavy atom. The first-order chi connectivity index (χ1) is 11.1. The van der Waals surface area contributed by atoms with Crippen molar-refractivity contribution in [3.05, 3.63) is 61.1 Å². The maximum atomic E-state index is 10.5. The number of carboxylic acids is 1. The average molecular weight is 314 g/mol. The third kappa shape index (κ3) is 7.19. The summed E-state index contributed by atoms with van der Waals surface area (Å²) < 4.78 is 0. The Kier molecular flexibility index (Phi) is 8.02. The smallest absolute Gasteiger partial charge is 0.328 e. The van der Waals surface area contributed by atoms with Gasteiger partial charge in [-0.25, -0.2) is 9.78 Å². The highest BCUT2D eigenvalue weighted by Gasteiger charge is 2.03. The van der Waals surface area contributed by atoms with Crippen LogP contribution in [0.5, 0.6) is 0 Å². The van der Waals surface area contributed by atoms with Gasteiger partial charge in [-0.15, -0.1) is 0 Å². The first-order valence-corrected chi connectivity index (χ1v) is 7.27. The lowest BCUT2D eigenvalue weighted by molar-refractivity contribution is -0.131. The standard InChI is InChI=1S/C17H22N4O2/c1-3-14(10-13(2)6-7-17(22)23)15-11-19-12-16(21-15)20-9-5-4-8-18/h3,6-7,10-12H,1-2,4-5,8-9,18H2,(H,20,21)(H,22,23)/b7-6+,14-10+. The molecule has 0 saturated heterocycles. The van der Waals surface area contributed by atoms with Crippen LogP contribution in [-0.2, 0) is 4.79 Å². The fraction of sp³-hybridized carbons (Fsp3) is 0.235. The Balaban J connectivity index is 2.83. The minimum absolute atomic E-state index is 0.533. The zero-order valence-electron chi connectivity index (χ0n) is 13.0. The number of nitrogens with two attached hydrogens (primary N) is 1. The molecule has 6 nitrogen and oxygen atoms in total. The molecule has 0 unspecified atom stereocenters. The molecule has 4 N–H and O–H groups in total. The van der Waals surface area contributed by atoms with E-state index in [-0.39, 0.29) is 0 Å². The van der Waals surface area contributed by atoms with Gasteiger partial charge in [0.2, 0.25) is 0 Å². The third-order valence-electron chi connectivity index (χ3n) is 2.87. The zero-order chi connectivity index (χ0) is 17.1. The average Bonchev–Trinajstić information content (AvgIpc) is 2.55. The number of carbonyl (C=O) groups is 1. The molecule has 0 amide bonds. The van der Waals surface area contributed by atoms with E-state index in [4.69, 9.17) is 10.8 Å². The van der Waals surface area contributed by atoms with Crippen LogP contribution in [0.4, 0.5) is 5.82 Å². The molecule has 0 aliphatic heterocycles. The molecule has 1 aromatic rings. The van der Waals surface area contributed by atoms with Crippen molar-refractivity contribution in [3.63, 3.8) is 0 Å². The summed E-state index contributed by atoms with van der Waals surface area (Å²) >= 11 is 0. The molecule has 122 valence electrons. The maximum absolute atomic E-state index is 10.5. The number of aromatic nitrogens is 2. The van der Waals surface area contributed by atoms with E-state index in [0.717, 1.165) is 25.5 Å². The summed E-state index contributed by atoms with van der Waals surface area (Å²) in [7, 11) is 0. The van der Waals surface area contributed by atoms with Gasteiger partial charge in [-0.1, -0.05) is 19.2 Å². The van der Waals surface area contributed by atoms with Crippen LogP contribution in [0.3, 0.4) is 0 Å². The van der Waals surface area contributed by atoms with E-state index in [2.05, 4.69) is 28.4 Å². The number of hydrogen-bond donors (Lipinski definition) is 3. The highest BCUT2D eigenvalue weighted by molar-refractivity contribution is 5.81. The molecule has 0 fully saturated rings. The van der Waals surface area contributed by atoms with Gasteiger partial charge >= 0.3 is 5.97 Å². The molecule has 0 atom stereocenters. The summed E-state index contributed by atoms with van der Waals surface area (Å²) in [5.74, 6) is -0.359. The quantitative estimate of drug-likeness (QED) is 0.348. The second-order valence-electron chi connectivity index (χ2n) is 4.76. The molecular formula is C17H22N4O2. The lowest BCUT2D eigenvalue weighted by Gasteiger charge is -2.07. The molecule has 0 aliphatic carbocycles. The van der Waals surface area contributed by atoms with Crippen LogP contribution in [-0.4, -0.2) is 34.1 Å². The molecule has 23 heavy (non-hydrogen) atoms. The zero-order valence-corrected chi connectivity index (χ0v) is 13.0. The number of anilines is 1.